The number of nitrogens with two attached hydrogens (primary N) is 1. The predicted octanol–water partition coefficient (Wildman–Crippen LogP) is 2.54. The number of piperidine rings is 1. The van der Waals surface area contributed by atoms with Gasteiger partial charge in [0.05, 0.1) is 12.1 Å². The molecule has 2 N–H and O–H groups in total. The van der Waals surface area contributed by atoms with E-state index in [0.717, 1.165) is 24.7 Å². The van der Waals surface area contributed by atoms with Gasteiger partial charge in [0, 0.05) is 19.2 Å². The zero-order chi connectivity index (χ0) is 16.2. The normalized spacial score (nSPS) is 18.0. The second kappa shape index (κ2) is 7.13. The first-order valence-electron chi connectivity index (χ1n) is 7.97. The molecule has 6 heteroatoms. The third kappa shape index (κ3) is 5.33. The van der Waals surface area contributed by atoms with Gasteiger partial charge in [0.25, 0.3) is 0 Å². The van der Waals surface area contributed by atoms with Crippen molar-refractivity contribution in [3.05, 3.63) is 17.5 Å². The van der Waals surface area contributed by atoms with Crippen molar-refractivity contribution < 1.29 is 9.26 Å². The van der Waals surface area contributed by atoms with E-state index in [9.17, 15) is 0 Å². The minimum absolute atomic E-state index is 0.194. The largest absolute Gasteiger partial charge is 0.370 e. The smallest absolute Gasteiger partial charge is 0.191 e. The number of likely N-dealkylation sites (tertiary alicyclic amines) is 1. The van der Waals surface area contributed by atoms with Crippen molar-refractivity contribution in [2.24, 2.45) is 16.6 Å². The molecule has 0 radical (unpaired) electrons. The molecule has 0 aromatic carbocycles. The Labute approximate surface area is 132 Å². The molecular weight excluding hydrogens is 280 g/mol. The maximum Gasteiger partial charge on any atom is 0.191 e. The highest BCUT2D eigenvalue weighted by atomic mass is 16.5. The van der Waals surface area contributed by atoms with Crippen LogP contribution in [0.1, 0.15) is 52.0 Å². The fourth-order valence-corrected chi connectivity index (χ4v) is 2.29. The molecule has 1 aromatic rings. The first kappa shape index (κ1) is 16.8. The number of aliphatic imine (C=N–C) groups is 1. The van der Waals surface area contributed by atoms with Crippen molar-refractivity contribution in [3.8, 4) is 0 Å². The molecule has 1 fully saturated rings. The summed E-state index contributed by atoms with van der Waals surface area (Å²) in [6.45, 7) is 11.1. The summed E-state index contributed by atoms with van der Waals surface area (Å²) in [5.41, 5.74) is 6.64. The third-order valence-electron chi connectivity index (χ3n) is 3.77. The zero-order valence-electron chi connectivity index (χ0n) is 14.1. The maximum atomic E-state index is 6.06. The summed E-state index contributed by atoms with van der Waals surface area (Å²) in [5, 5.41) is 4.01. The van der Waals surface area contributed by atoms with E-state index in [1.807, 2.05) is 26.8 Å². The lowest BCUT2D eigenvalue weighted by Gasteiger charge is -2.30. The second-order valence-electron chi connectivity index (χ2n) is 7.03. The van der Waals surface area contributed by atoms with Crippen molar-refractivity contribution >= 4 is 5.96 Å². The van der Waals surface area contributed by atoms with Gasteiger partial charge in [-0.05, 0) is 39.5 Å². The van der Waals surface area contributed by atoms with Gasteiger partial charge in [-0.2, -0.15) is 0 Å². The highest BCUT2D eigenvalue weighted by Gasteiger charge is 2.17. The van der Waals surface area contributed by atoms with Gasteiger partial charge in [-0.25, -0.2) is 4.99 Å². The van der Waals surface area contributed by atoms with Gasteiger partial charge in [0.2, 0.25) is 0 Å². The van der Waals surface area contributed by atoms with Gasteiger partial charge in [-0.15, -0.1) is 0 Å². The Morgan fingerprint density at radius 2 is 2.14 bits per heavy atom. The Morgan fingerprint density at radius 3 is 2.77 bits per heavy atom. The summed E-state index contributed by atoms with van der Waals surface area (Å²) in [4.78, 5) is 6.56. The molecule has 0 unspecified atom stereocenters. The van der Waals surface area contributed by atoms with Crippen LogP contribution in [0.2, 0.25) is 0 Å². The molecule has 6 nitrogen and oxygen atoms in total. The van der Waals surface area contributed by atoms with Crippen LogP contribution in [0, 0.1) is 5.92 Å². The standard InChI is InChI=1S/C16H28N4O2/c1-12-5-7-20(8-6-12)15(17)18-10-13-9-14(22-19-13)11-21-16(2,3)4/h9,12H,5-8,10-11H2,1-4H3,(H2,17,18). The van der Waals surface area contributed by atoms with Crippen molar-refractivity contribution in [1.29, 1.82) is 0 Å². The Morgan fingerprint density at radius 1 is 1.45 bits per heavy atom. The van der Waals surface area contributed by atoms with Gasteiger partial charge in [-0.1, -0.05) is 12.1 Å². The Bertz CT molecular complexity index is 496. The van der Waals surface area contributed by atoms with Crippen LogP contribution >= 0.6 is 0 Å². The van der Waals surface area contributed by atoms with E-state index in [4.69, 9.17) is 15.0 Å². The molecule has 0 saturated carbocycles. The predicted molar refractivity (Wildman–Crippen MR) is 86.3 cm³/mol. The summed E-state index contributed by atoms with van der Waals surface area (Å²) in [6.07, 6.45) is 2.35. The summed E-state index contributed by atoms with van der Waals surface area (Å²) >= 11 is 0. The molecule has 0 atom stereocenters. The minimum Gasteiger partial charge on any atom is -0.370 e. The monoisotopic (exact) mass is 308 g/mol. The van der Waals surface area contributed by atoms with E-state index in [1.54, 1.807) is 0 Å². The Kier molecular flexibility index (Phi) is 5.45. The summed E-state index contributed by atoms with van der Waals surface area (Å²) in [7, 11) is 0. The first-order chi connectivity index (χ1) is 10.3. The Hall–Kier alpha value is -1.56. The van der Waals surface area contributed by atoms with Crippen LogP contribution in [0.4, 0.5) is 0 Å². The molecule has 0 spiro atoms. The molecule has 22 heavy (non-hydrogen) atoms. The first-order valence-corrected chi connectivity index (χ1v) is 7.97. The molecule has 124 valence electrons. The fraction of sp³-hybridized carbons (Fsp3) is 0.750. The molecule has 0 amide bonds. The highest BCUT2D eigenvalue weighted by molar-refractivity contribution is 5.78. The lowest BCUT2D eigenvalue weighted by Crippen LogP contribution is -2.42. The number of aromatic nitrogens is 1. The van der Waals surface area contributed by atoms with Gasteiger partial charge >= 0.3 is 0 Å². The lowest BCUT2D eigenvalue weighted by molar-refractivity contribution is -0.0241. The van der Waals surface area contributed by atoms with Crippen LogP contribution in [0.5, 0.6) is 0 Å². The van der Waals surface area contributed by atoms with E-state index in [0.29, 0.717) is 24.9 Å². The molecular formula is C16H28N4O2. The fourth-order valence-electron chi connectivity index (χ4n) is 2.29. The van der Waals surface area contributed by atoms with Crippen molar-refractivity contribution in [2.75, 3.05) is 13.1 Å². The minimum atomic E-state index is -0.194. The summed E-state index contributed by atoms with van der Waals surface area (Å²) < 4.78 is 10.9. The second-order valence-corrected chi connectivity index (χ2v) is 7.03. The van der Waals surface area contributed by atoms with E-state index in [2.05, 4.69) is 22.0 Å². The van der Waals surface area contributed by atoms with E-state index < -0.39 is 0 Å². The average Bonchev–Trinajstić information content (AvgIpc) is 2.91. The number of guanidine groups is 1. The SMILES string of the molecule is CC1CCN(C(N)=NCc2cc(COC(C)(C)C)on2)CC1. The number of nitrogens with zero attached hydrogens (tertiary/aromatic N) is 3. The number of hydrogen-bond acceptors (Lipinski definition) is 4. The average molecular weight is 308 g/mol. The highest BCUT2D eigenvalue weighted by Crippen LogP contribution is 2.16. The maximum absolute atomic E-state index is 6.06. The molecule has 2 heterocycles. The van der Waals surface area contributed by atoms with Gasteiger partial charge < -0.3 is 19.9 Å². The van der Waals surface area contributed by atoms with Crippen LogP contribution in [-0.4, -0.2) is 34.7 Å². The topological polar surface area (TPSA) is 76.9 Å². The molecule has 1 saturated heterocycles. The molecule has 1 aromatic heterocycles. The van der Waals surface area contributed by atoms with E-state index in [-0.39, 0.29) is 5.60 Å². The van der Waals surface area contributed by atoms with Gasteiger partial charge in [0.15, 0.2) is 11.7 Å². The number of rotatable bonds is 4. The van der Waals surface area contributed by atoms with E-state index >= 15 is 0 Å². The number of hydrogen-bond donors (Lipinski definition) is 1. The van der Waals surface area contributed by atoms with Crippen molar-refractivity contribution in [2.45, 2.75) is 59.3 Å². The molecule has 0 aliphatic carbocycles. The number of ether oxygens (including phenoxy) is 1. The van der Waals surface area contributed by atoms with Gasteiger partial charge in [0.1, 0.15) is 12.3 Å². The quantitative estimate of drug-likeness (QED) is 0.683. The molecule has 2 rings (SSSR count). The third-order valence-corrected chi connectivity index (χ3v) is 3.77. The lowest BCUT2D eigenvalue weighted by atomic mass is 10.00. The molecule has 1 aliphatic rings. The Balaban J connectivity index is 1.83. The van der Waals surface area contributed by atoms with Crippen LogP contribution in [-0.2, 0) is 17.9 Å². The zero-order valence-corrected chi connectivity index (χ0v) is 14.1. The van der Waals surface area contributed by atoms with Crippen LogP contribution < -0.4 is 5.73 Å². The van der Waals surface area contributed by atoms with Crippen LogP contribution in [0.25, 0.3) is 0 Å². The van der Waals surface area contributed by atoms with E-state index in [1.165, 1.54) is 12.8 Å². The van der Waals surface area contributed by atoms with Crippen molar-refractivity contribution in [3.63, 3.8) is 0 Å². The molecule has 0 bridgehead atoms. The van der Waals surface area contributed by atoms with Gasteiger partial charge in [-0.3, -0.25) is 0 Å². The van der Waals surface area contributed by atoms with Crippen LogP contribution in [0.15, 0.2) is 15.6 Å². The summed E-state index contributed by atoms with van der Waals surface area (Å²) in [6, 6.07) is 1.88. The molecule has 1 aliphatic heterocycles. The van der Waals surface area contributed by atoms with Crippen LogP contribution in [0.3, 0.4) is 0 Å². The summed E-state index contributed by atoms with van der Waals surface area (Å²) in [5.74, 6) is 2.10. The van der Waals surface area contributed by atoms with Crippen molar-refractivity contribution in [1.82, 2.24) is 10.1 Å².